The van der Waals surface area contributed by atoms with Crippen molar-refractivity contribution in [2.75, 3.05) is 10.5 Å². The third kappa shape index (κ3) is 2.66. The molecule has 3 N–H and O–H groups in total. The van der Waals surface area contributed by atoms with Gasteiger partial charge in [-0.3, -0.25) is 4.72 Å². The van der Waals surface area contributed by atoms with E-state index in [1.165, 1.54) is 0 Å². The lowest BCUT2D eigenvalue weighted by atomic mass is 10.2. The maximum absolute atomic E-state index is 12.4. The summed E-state index contributed by atoms with van der Waals surface area (Å²) in [5.41, 5.74) is 7.58. The molecule has 0 radical (unpaired) electrons. The minimum Gasteiger partial charge on any atom is -0.397 e. The Morgan fingerprint density at radius 2 is 1.95 bits per heavy atom. The number of aryl methyl sites for hydroxylation is 3. The smallest absolute Gasteiger partial charge is 0.267 e. The maximum Gasteiger partial charge on any atom is 0.267 e. The number of hydrogen-bond acceptors (Lipinski definition) is 5. The molecule has 20 heavy (non-hydrogen) atoms. The summed E-state index contributed by atoms with van der Waals surface area (Å²) in [6.07, 6.45) is 0. The molecule has 0 bridgehead atoms. The quantitative estimate of drug-likeness (QED) is 0.820. The van der Waals surface area contributed by atoms with Crippen molar-refractivity contribution in [3.63, 3.8) is 0 Å². The van der Waals surface area contributed by atoms with Crippen LogP contribution in [0.15, 0.2) is 26.0 Å². The number of nitrogens with two attached hydrogens (primary N) is 1. The molecule has 2 rings (SSSR count). The van der Waals surface area contributed by atoms with E-state index in [0.717, 1.165) is 4.47 Å². The van der Waals surface area contributed by atoms with Gasteiger partial charge in [0, 0.05) is 4.47 Å². The number of benzene rings is 1. The van der Waals surface area contributed by atoms with Crippen LogP contribution in [-0.2, 0) is 10.0 Å². The van der Waals surface area contributed by atoms with Crippen LogP contribution in [0.4, 0.5) is 11.4 Å². The van der Waals surface area contributed by atoms with Crippen molar-refractivity contribution in [2.45, 2.75) is 25.7 Å². The first-order valence-corrected chi connectivity index (χ1v) is 8.01. The Balaban J connectivity index is 2.50. The van der Waals surface area contributed by atoms with Crippen molar-refractivity contribution in [3.8, 4) is 0 Å². The summed E-state index contributed by atoms with van der Waals surface area (Å²) in [7, 11) is -3.79. The average Bonchev–Trinajstić information content (AvgIpc) is 2.64. The Labute approximate surface area is 125 Å². The number of anilines is 2. The minimum atomic E-state index is -3.79. The second-order valence-corrected chi connectivity index (χ2v) is 6.98. The summed E-state index contributed by atoms with van der Waals surface area (Å²) in [6, 6.07) is 3.42. The van der Waals surface area contributed by atoms with E-state index in [1.807, 2.05) is 0 Å². The first kappa shape index (κ1) is 14.9. The molecule has 0 aliphatic rings. The van der Waals surface area contributed by atoms with Crippen LogP contribution >= 0.6 is 15.9 Å². The molecule has 0 amide bonds. The average molecular weight is 360 g/mol. The highest BCUT2D eigenvalue weighted by Gasteiger charge is 2.25. The van der Waals surface area contributed by atoms with Crippen molar-refractivity contribution in [1.82, 2.24) is 5.16 Å². The summed E-state index contributed by atoms with van der Waals surface area (Å²) in [5.74, 6) is 0.239. The Hall–Kier alpha value is -1.54. The van der Waals surface area contributed by atoms with Crippen molar-refractivity contribution >= 4 is 37.3 Å². The number of nitrogens with one attached hydrogen (secondary N) is 1. The molecule has 0 aliphatic heterocycles. The molecule has 1 aromatic carbocycles. The van der Waals surface area contributed by atoms with E-state index in [-0.39, 0.29) is 10.7 Å². The van der Waals surface area contributed by atoms with Crippen LogP contribution in [-0.4, -0.2) is 13.6 Å². The minimum absolute atomic E-state index is 0.0409. The first-order chi connectivity index (χ1) is 9.22. The molecule has 0 aliphatic carbocycles. The number of aromatic nitrogens is 1. The summed E-state index contributed by atoms with van der Waals surface area (Å²) in [5, 5.41) is 3.65. The zero-order chi connectivity index (χ0) is 15.1. The molecule has 0 unspecified atom stereocenters. The third-order valence-electron chi connectivity index (χ3n) is 2.80. The standard InChI is InChI=1S/C12H14BrN3O3S/c1-6-4-9(13)5-10(14)11(6)16-20(17,18)12-7(2)15-19-8(12)3/h4-5,16H,14H2,1-3H3. The fraction of sp³-hybridized carbons (Fsp3) is 0.250. The number of nitrogen functional groups attached to an aromatic ring is 1. The van der Waals surface area contributed by atoms with E-state index in [0.29, 0.717) is 22.6 Å². The largest absolute Gasteiger partial charge is 0.397 e. The van der Waals surface area contributed by atoms with Crippen molar-refractivity contribution in [2.24, 2.45) is 0 Å². The van der Waals surface area contributed by atoms with Crippen LogP contribution < -0.4 is 10.5 Å². The molecule has 0 saturated carbocycles. The lowest BCUT2D eigenvalue weighted by Crippen LogP contribution is -2.16. The SMILES string of the molecule is Cc1cc(Br)cc(N)c1NS(=O)(=O)c1c(C)noc1C. The summed E-state index contributed by atoms with van der Waals surface area (Å²) >= 11 is 3.31. The van der Waals surface area contributed by atoms with Gasteiger partial charge in [0.1, 0.15) is 5.69 Å². The Morgan fingerprint density at radius 1 is 1.30 bits per heavy atom. The molecule has 2 aromatic rings. The summed E-state index contributed by atoms with van der Waals surface area (Å²) < 4.78 is 33.0. The molecule has 108 valence electrons. The van der Waals surface area contributed by atoms with Crippen LogP contribution in [0.1, 0.15) is 17.0 Å². The van der Waals surface area contributed by atoms with Crippen molar-refractivity contribution in [3.05, 3.63) is 33.6 Å². The van der Waals surface area contributed by atoms with Crippen LogP contribution in [0.25, 0.3) is 0 Å². The van der Waals surface area contributed by atoms with E-state index < -0.39 is 10.0 Å². The molecular formula is C12H14BrN3O3S. The summed E-state index contributed by atoms with van der Waals surface area (Å²) in [4.78, 5) is 0.0409. The molecule has 0 spiro atoms. The number of halogens is 1. The number of rotatable bonds is 3. The number of nitrogens with zero attached hydrogens (tertiary/aromatic N) is 1. The topological polar surface area (TPSA) is 98.2 Å². The van der Waals surface area contributed by atoms with Crippen LogP contribution in [0.2, 0.25) is 0 Å². The van der Waals surface area contributed by atoms with Gasteiger partial charge in [-0.15, -0.1) is 0 Å². The van der Waals surface area contributed by atoms with Gasteiger partial charge >= 0.3 is 0 Å². The van der Waals surface area contributed by atoms with Crippen LogP contribution in [0, 0.1) is 20.8 Å². The van der Waals surface area contributed by atoms with Gasteiger partial charge in [0.2, 0.25) is 0 Å². The van der Waals surface area contributed by atoms with Gasteiger partial charge in [-0.05, 0) is 38.5 Å². The maximum atomic E-state index is 12.4. The lowest BCUT2D eigenvalue weighted by molar-refractivity contribution is 0.390. The van der Waals surface area contributed by atoms with E-state index in [1.54, 1.807) is 32.9 Å². The van der Waals surface area contributed by atoms with Gasteiger partial charge in [0.25, 0.3) is 10.0 Å². The van der Waals surface area contributed by atoms with Gasteiger partial charge in [0.05, 0.1) is 11.4 Å². The highest BCUT2D eigenvalue weighted by Crippen LogP contribution is 2.31. The predicted octanol–water partition coefficient (Wildman–Crippen LogP) is 2.75. The van der Waals surface area contributed by atoms with Gasteiger partial charge in [-0.25, -0.2) is 8.42 Å². The molecule has 0 atom stereocenters. The third-order valence-corrected chi connectivity index (χ3v) is 4.85. The molecule has 0 saturated heterocycles. The molecule has 8 heteroatoms. The van der Waals surface area contributed by atoms with Crippen molar-refractivity contribution < 1.29 is 12.9 Å². The normalized spacial score (nSPS) is 11.6. The van der Waals surface area contributed by atoms with Crippen molar-refractivity contribution in [1.29, 1.82) is 0 Å². The van der Waals surface area contributed by atoms with Gasteiger partial charge in [0.15, 0.2) is 10.7 Å². The molecule has 0 fully saturated rings. The zero-order valence-electron chi connectivity index (χ0n) is 11.2. The summed E-state index contributed by atoms with van der Waals surface area (Å²) in [6.45, 7) is 4.89. The molecule has 1 aromatic heterocycles. The van der Waals surface area contributed by atoms with Crippen LogP contribution in [0.5, 0.6) is 0 Å². The molecule has 6 nitrogen and oxygen atoms in total. The monoisotopic (exact) mass is 359 g/mol. The van der Waals surface area contributed by atoms with E-state index >= 15 is 0 Å². The highest BCUT2D eigenvalue weighted by molar-refractivity contribution is 9.10. The number of hydrogen-bond donors (Lipinski definition) is 2. The van der Waals surface area contributed by atoms with Gasteiger partial charge < -0.3 is 10.3 Å². The van der Waals surface area contributed by atoms with E-state index in [2.05, 4.69) is 25.8 Å². The van der Waals surface area contributed by atoms with Gasteiger partial charge in [-0.2, -0.15) is 0 Å². The molecule has 1 heterocycles. The molecular weight excluding hydrogens is 346 g/mol. The second-order valence-electron chi connectivity index (χ2n) is 4.45. The second kappa shape index (κ2) is 5.10. The Kier molecular flexibility index (Phi) is 3.79. The fourth-order valence-electron chi connectivity index (χ4n) is 1.95. The van der Waals surface area contributed by atoms with Crippen LogP contribution in [0.3, 0.4) is 0 Å². The first-order valence-electron chi connectivity index (χ1n) is 5.73. The van der Waals surface area contributed by atoms with Gasteiger partial charge in [-0.1, -0.05) is 21.1 Å². The fourth-order valence-corrected chi connectivity index (χ4v) is 4.03. The number of sulfonamides is 1. The Morgan fingerprint density at radius 3 is 2.45 bits per heavy atom. The Bertz CT molecular complexity index is 726. The van der Waals surface area contributed by atoms with E-state index in [9.17, 15) is 8.42 Å². The zero-order valence-corrected chi connectivity index (χ0v) is 13.6. The lowest BCUT2D eigenvalue weighted by Gasteiger charge is -2.13. The highest BCUT2D eigenvalue weighted by atomic mass is 79.9. The predicted molar refractivity (Wildman–Crippen MR) is 80.1 cm³/mol. The van der Waals surface area contributed by atoms with E-state index in [4.69, 9.17) is 10.3 Å².